The number of carbonyl (C=O) groups excluding carboxylic acids is 2. The Hall–Kier alpha value is -2.66. The highest BCUT2D eigenvalue weighted by atomic mass is 16.5. The number of carbonyl (C=O) groups is 2. The maximum absolute atomic E-state index is 12.9. The SMILES string of the molecule is CC(C)C(C(=O)NCc1ccccc1COCc1ccccc1)N1CCCC1=O. The van der Waals surface area contributed by atoms with Crippen LogP contribution in [-0.4, -0.2) is 29.3 Å². The molecule has 1 atom stereocenters. The van der Waals surface area contributed by atoms with Crippen molar-refractivity contribution >= 4 is 11.8 Å². The fraction of sp³-hybridized carbons (Fsp3) is 0.417. The molecule has 5 nitrogen and oxygen atoms in total. The highest BCUT2D eigenvalue weighted by Gasteiger charge is 2.34. The van der Waals surface area contributed by atoms with E-state index in [2.05, 4.69) is 5.32 Å². The average molecular weight is 395 g/mol. The zero-order valence-electron chi connectivity index (χ0n) is 17.3. The Morgan fingerprint density at radius 3 is 2.38 bits per heavy atom. The van der Waals surface area contributed by atoms with Crippen molar-refractivity contribution in [1.29, 1.82) is 0 Å². The van der Waals surface area contributed by atoms with Gasteiger partial charge in [-0.25, -0.2) is 0 Å². The van der Waals surface area contributed by atoms with Gasteiger partial charge in [0.2, 0.25) is 11.8 Å². The third-order valence-electron chi connectivity index (χ3n) is 5.29. The molecule has 3 rings (SSSR count). The van der Waals surface area contributed by atoms with Gasteiger partial charge in [0, 0.05) is 19.5 Å². The summed E-state index contributed by atoms with van der Waals surface area (Å²) in [6.07, 6.45) is 1.37. The smallest absolute Gasteiger partial charge is 0.243 e. The average Bonchev–Trinajstić information content (AvgIpc) is 3.13. The summed E-state index contributed by atoms with van der Waals surface area (Å²) in [5, 5.41) is 3.04. The van der Waals surface area contributed by atoms with E-state index in [1.807, 2.05) is 68.4 Å². The second-order valence-electron chi connectivity index (χ2n) is 7.84. The van der Waals surface area contributed by atoms with Crippen molar-refractivity contribution in [2.24, 2.45) is 5.92 Å². The molecule has 0 spiro atoms. The molecule has 0 bridgehead atoms. The summed E-state index contributed by atoms with van der Waals surface area (Å²) in [5.74, 6) is 0.0605. The minimum absolute atomic E-state index is 0.0708. The van der Waals surface area contributed by atoms with E-state index in [-0.39, 0.29) is 17.7 Å². The van der Waals surface area contributed by atoms with Gasteiger partial charge in [-0.15, -0.1) is 0 Å². The van der Waals surface area contributed by atoms with E-state index < -0.39 is 6.04 Å². The van der Waals surface area contributed by atoms with Crippen LogP contribution in [0.15, 0.2) is 54.6 Å². The van der Waals surface area contributed by atoms with Crippen LogP contribution in [0.3, 0.4) is 0 Å². The second-order valence-corrected chi connectivity index (χ2v) is 7.84. The first-order chi connectivity index (χ1) is 14.1. The molecule has 0 radical (unpaired) electrons. The van der Waals surface area contributed by atoms with E-state index in [4.69, 9.17) is 4.74 Å². The molecule has 2 aromatic carbocycles. The zero-order valence-corrected chi connectivity index (χ0v) is 17.3. The highest BCUT2D eigenvalue weighted by molar-refractivity contribution is 5.88. The first-order valence-corrected chi connectivity index (χ1v) is 10.3. The van der Waals surface area contributed by atoms with Crippen molar-refractivity contribution in [2.45, 2.75) is 52.5 Å². The van der Waals surface area contributed by atoms with E-state index in [1.165, 1.54) is 0 Å². The molecule has 5 heteroatoms. The highest BCUT2D eigenvalue weighted by Crippen LogP contribution is 2.20. The lowest BCUT2D eigenvalue weighted by molar-refractivity contribution is -0.139. The molecule has 29 heavy (non-hydrogen) atoms. The van der Waals surface area contributed by atoms with Gasteiger partial charge < -0.3 is 15.0 Å². The van der Waals surface area contributed by atoms with Crippen LogP contribution in [0.2, 0.25) is 0 Å². The minimum Gasteiger partial charge on any atom is -0.372 e. The summed E-state index contributed by atoms with van der Waals surface area (Å²) >= 11 is 0. The van der Waals surface area contributed by atoms with E-state index in [9.17, 15) is 9.59 Å². The molecule has 0 saturated carbocycles. The van der Waals surface area contributed by atoms with E-state index >= 15 is 0 Å². The van der Waals surface area contributed by atoms with Gasteiger partial charge in [0.1, 0.15) is 6.04 Å². The number of likely N-dealkylation sites (tertiary alicyclic amines) is 1. The summed E-state index contributed by atoms with van der Waals surface area (Å²) < 4.78 is 5.87. The van der Waals surface area contributed by atoms with E-state index in [1.54, 1.807) is 4.90 Å². The number of nitrogens with one attached hydrogen (secondary N) is 1. The van der Waals surface area contributed by atoms with Gasteiger partial charge in [-0.1, -0.05) is 68.4 Å². The molecule has 1 unspecified atom stereocenters. The predicted octanol–water partition coefficient (Wildman–Crippen LogP) is 3.67. The summed E-state index contributed by atoms with van der Waals surface area (Å²) in [6.45, 7) is 6.10. The summed E-state index contributed by atoms with van der Waals surface area (Å²) in [6, 6.07) is 17.6. The van der Waals surface area contributed by atoms with Crippen LogP contribution >= 0.6 is 0 Å². The van der Waals surface area contributed by atoms with Crippen LogP contribution in [-0.2, 0) is 34.1 Å². The van der Waals surface area contributed by atoms with Gasteiger partial charge in [-0.3, -0.25) is 9.59 Å². The molecule has 1 saturated heterocycles. The Bertz CT molecular complexity index is 820. The fourth-order valence-corrected chi connectivity index (χ4v) is 3.78. The minimum atomic E-state index is -0.411. The lowest BCUT2D eigenvalue weighted by Crippen LogP contribution is -2.50. The summed E-state index contributed by atoms with van der Waals surface area (Å²) in [7, 11) is 0. The van der Waals surface area contributed by atoms with Crippen molar-refractivity contribution in [3.8, 4) is 0 Å². The van der Waals surface area contributed by atoms with Gasteiger partial charge in [0.25, 0.3) is 0 Å². The molecule has 154 valence electrons. The Morgan fingerprint density at radius 1 is 1.03 bits per heavy atom. The number of hydrogen-bond acceptors (Lipinski definition) is 3. The molecule has 0 aromatic heterocycles. The van der Waals surface area contributed by atoms with Gasteiger partial charge in [-0.05, 0) is 29.0 Å². The van der Waals surface area contributed by atoms with Gasteiger partial charge >= 0.3 is 0 Å². The Balaban J connectivity index is 1.58. The maximum Gasteiger partial charge on any atom is 0.243 e. The number of hydrogen-bond donors (Lipinski definition) is 1. The van der Waals surface area contributed by atoms with Crippen molar-refractivity contribution in [3.05, 3.63) is 71.3 Å². The lowest BCUT2D eigenvalue weighted by Gasteiger charge is -2.30. The topological polar surface area (TPSA) is 58.6 Å². The third-order valence-corrected chi connectivity index (χ3v) is 5.29. The van der Waals surface area contributed by atoms with Crippen molar-refractivity contribution in [2.75, 3.05) is 6.54 Å². The molecule has 2 amide bonds. The van der Waals surface area contributed by atoms with Crippen LogP contribution < -0.4 is 5.32 Å². The largest absolute Gasteiger partial charge is 0.372 e. The van der Waals surface area contributed by atoms with Crippen molar-refractivity contribution in [1.82, 2.24) is 10.2 Å². The number of nitrogens with zero attached hydrogens (tertiary/aromatic N) is 1. The molecule has 1 aliphatic heterocycles. The Kier molecular flexibility index (Phi) is 7.42. The van der Waals surface area contributed by atoms with Gasteiger partial charge in [0.05, 0.1) is 13.2 Å². The molecule has 1 fully saturated rings. The van der Waals surface area contributed by atoms with E-state index in [0.717, 1.165) is 23.1 Å². The standard InChI is InChI=1S/C24H30N2O3/c1-18(2)23(26-14-8-13-22(26)27)24(28)25-15-20-11-6-7-12-21(20)17-29-16-19-9-4-3-5-10-19/h3-7,9-12,18,23H,8,13-17H2,1-2H3,(H,25,28). The van der Waals surface area contributed by atoms with Gasteiger partial charge in [0.15, 0.2) is 0 Å². The Morgan fingerprint density at radius 2 is 1.72 bits per heavy atom. The molecule has 1 aliphatic rings. The van der Waals surface area contributed by atoms with Crippen LogP contribution in [0.5, 0.6) is 0 Å². The third kappa shape index (κ3) is 5.67. The molecular formula is C24H30N2O3. The summed E-state index contributed by atoms with van der Waals surface area (Å²) in [5.41, 5.74) is 3.22. The quantitative estimate of drug-likeness (QED) is 0.706. The van der Waals surface area contributed by atoms with Gasteiger partial charge in [-0.2, -0.15) is 0 Å². The number of benzene rings is 2. The molecule has 1 N–H and O–H groups in total. The monoisotopic (exact) mass is 394 g/mol. The fourth-order valence-electron chi connectivity index (χ4n) is 3.78. The number of ether oxygens (including phenoxy) is 1. The van der Waals surface area contributed by atoms with E-state index in [0.29, 0.717) is 32.7 Å². The van der Waals surface area contributed by atoms with Crippen molar-refractivity contribution in [3.63, 3.8) is 0 Å². The predicted molar refractivity (Wildman–Crippen MR) is 113 cm³/mol. The van der Waals surface area contributed by atoms with Crippen LogP contribution in [0.25, 0.3) is 0 Å². The second kappa shape index (κ2) is 10.2. The van der Waals surface area contributed by atoms with Crippen LogP contribution in [0.1, 0.15) is 43.4 Å². The lowest BCUT2D eigenvalue weighted by atomic mass is 10.0. The Labute approximate surface area is 173 Å². The maximum atomic E-state index is 12.9. The molecule has 1 heterocycles. The first kappa shape index (κ1) is 21.1. The summed E-state index contributed by atoms with van der Waals surface area (Å²) in [4.78, 5) is 26.7. The normalized spacial score (nSPS) is 15.0. The zero-order chi connectivity index (χ0) is 20.6. The molecular weight excluding hydrogens is 364 g/mol. The first-order valence-electron chi connectivity index (χ1n) is 10.3. The number of amides is 2. The number of rotatable bonds is 9. The van der Waals surface area contributed by atoms with Crippen LogP contribution in [0.4, 0.5) is 0 Å². The molecule has 2 aromatic rings. The van der Waals surface area contributed by atoms with Crippen LogP contribution in [0, 0.1) is 5.92 Å². The molecule has 0 aliphatic carbocycles. The van der Waals surface area contributed by atoms with Crippen molar-refractivity contribution < 1.29 is 14.3 Å².